The molecule has 0 spiro atoms. The maximum Gasteiger partial charge on any atom is 0.178 e. The van der Waals surface area contributed by atoms with Gasteiger partial charge in [-0.05, 0) is 76.8 Å². The van der Waals surface area contributed by atoms with Gasteiger partial charge in [-0.1, -0.05) is 97.1 Å². The summed E-state index contributed by atoms with van der Waals surface area (Å²) in [5, 5.41) is 11.0. The van der Waals surface area contributed by atoms with Crippen LogP contribution in [0.2, 0.25) is 0 Å². The first-order chi connectivity index (χ1) is 20.9. The van der Waals surface area contributed by atoms with Gasteiger partial charge in [-0.3, -0.25) is 0 Å². The largest absolute Gasteiger partial charge is 0.308 e. The zero-order chi connectivity index (χ0) is 29.0. The lowest BCUT2D eigenvalue weighted by Gasteiger charge is -2.26. The lowest BCUT2D eigenvalue weighted by Crippen LogP contribution is -2.30. The van der Waals surface area contributed by atoms with Crippen LogP contribution < -0.4 is 15.9 Å². The molecule has 0 fully saturated rings. The molecule has 9 aromatic rings. The average molecular weight is 581 g/mol. The van der Waals surface area contributed by atoms with E-state index in [1.54, 1.807) is 12.1 Å². The highest BCUT2D eigenvalue weighted by atomic mass is 31.2. The van der Waals surface area contributed by atoms with Gasteiger partial charge in [0.1, 0.15) is 17.5 Å². The minimum atomic E-state index is -4.31. The molecule has 0 saturated carbocycles. The van der Waals surface area contributed by atoms with Gasteiger partial charge in [0.2, 0.25) is 0 Å². The minimum absolute atomic E-state index is 0.317. The lowest BCUT2D eigenvalue weighted by atomic mass is 9.94. The number of halogens is 3. The van der Waals surface area contributed by atoms with Crippen LogP contribution in [0.4, 0.5) is 13.2 Å². The lowest BCUT2D eigenvalue weighted by molar-refractivity contribution is 0.549. The molecular formula is C38H20F3OP. The fourth-order valence-corrected chi connectivity index (χ4v) is 10.3. The monoisotopic (exact) mass is 580 g/mol. The predicted octanol–water partition coefficient (Wildman–Crippen LogP) is 9.54. The van der Waals surface area contributed by atoms with E-state index >= 15 is 13.3 Å². The molecule has 0 atom stereocenters. The van der Waals surface area contributed by atoms with Crippen molar-refractivity contribution in [3.63, 3.8) is 0 Å². The Morgan fingerprint density at radius 3 is 1.19 bits per heavy atom. The summed E-state index contributed by atoms with van der Waals surface area (Å²) in [5.74, 6) is -3.40. The topological polar surface area (TPSA) is 17.1 Å². The van der Waals surface area contributed by atoms with E-state index < -0.39 is 29.9 Å². The van der Waals surface area contributed by atoms with Gasteiger partial charge in [-0.25, -0.2) is 13.2 Å². The average Bonchev–Trinajstić information content (AvgIpc) is 3.01. The molecule has 0 radical (unpaired) electrons. The van der Waals surface area contributed by atoms with Gasteiger partial charge in [0.05, 0.1) is 5.30 Å². The van der Waals surface area contributed by atoms with Crippen molar-refractivity contribution in [2.24, 2.45) is 0 Å². The highest BCUT2D eigenvalue weighted by molar-refractivity contribution is 7.86. The van der Waals surface area contributed by atoms with Crippen molar-refractivity contribution >= 4 is 87.7 Å². The summed E-state index contributed by atoms with van der Waals surface area (Å²) >= 11 is 0. The van der Waals surface area contributed by atoms with Gasteiger partial charge < -0.3 is 4.57 Å². The molecule has 0 aliphatic heterocycles. The summed E-state index contributed by atoms with van der Waals surface area (Å²) in [7, 11) is -4.31. The molecule has 0 heterocycles. The molecule has 9 rings (SSSR count). The molecule has 9 aromatic carbocycles. The first-order valence-electron chi connectivity index (χ1n) is 14.0. The van der Waals surface area contributed by atoms with Crippen LogP contribution in [0.15, 0.2) is 121 Å². The van der Waals surface area contributed by atoms with Crippen molar-refractivity contribution in [1.29, 1.82) is 0 Å². The van der Waals surface area contributed by atoms with E-state index in [4.69, 9.17) is 0 Å². The zero-order valence-electron chi connectivity index (χ0n) is 22.5. The van der Waals surface area contributed by atoms with Crippen LogP contribution >= 0.6 is 7.14 Å². The Hall–Kier alpha value is -4.92. The zero-order valence-corrected chi connectivity index (χ0v) is 23.4. The maximum atomic E-state index is 16.1. The number of hydrogen-bond acceptors (Lipinski definition) is 1. The summed E-state index contributed by atoms with van der Waals surface area (Å²) in [6.07, 6.45) is 0. The maximum absolute atomic E-state index is 16.1. The molecular weight excluding hydrogens is 560 g/mol. The smallest absolute Gasteiger partial charge is 0.178 e. The van der Waals surface area contributed by atoms with Crippen molar-refractivity contribution in [2.45, 2.75) is 0 Å². The van der Waals surface area contributed by atoms with E-state index in [0.717, 1.165) is 53.9 Å². The Balaban J connectivity index is 1.49. The predicted molar refractivity (Wildman–Crippen MR) is 173 cm³/mol. The third-order valence-corrected chi connectivity index (χ3v) is 12.2. The first kappa shape index (κ1) is 24.7. The summed E-state index contributed by atoms with van der Waals surface area (Å²) in [5.41, 5.74) is 0. The molecule has 0 saturated heterocycles. The molecule has 0 aromatic heterocycles. The third-order valence-electron chi connectivity index (χ3n) is 8.99. The summed E-state index contributed by atoms with van der Waals surface area (Å²) in [6, 6.07) is 36.3. The Morgan fingerprint density at radius 2 is 0.767 bits per heavy atom. The fraction of sp³-hybridized carbons (Fsp3) is 0. The van der Waals surface area contributed by atoms with E-state index in [1.807, 2.05) is 97.1 Å². The number of rotatable bonds is 3. The Labute approximate surface area is 243 Å². The number of hydrogen-bond donors (Lipinski definition) is 0. The quantitative estimate of drug-likeness (QED) is 0.150. The second-order valence-corrected chi connectivity index (χ2v) is 13.8. The summed E-state index contributed by atoms with van der Waals surface area (Å²) in [6.45, 7) is 0. The highest BCUT2D eigenvalue weighted by Gasteiger charge is 2.39. The minimum Gasteiger partial charge on any atom is -0.308 e. The summed E-state index contributed by atoms with van der Waals surface area (Å²) < 4.78 is 62.2. The van der Waals surface area contributed by atoms with Gasteiger partial charge in [0.25, 0.3) is 0 Å². The van der Waals surface area contributed by atoms with Gasteiger partial charge in [-0.2, -0.15) is 0 Å². The van der Waals surface area contributed by atoms with Gasteiger partial charge in [0.15, 0.2) is 7.14 Å². The van der Waals surface area contributed by atoms with Crippen molar-refractivity contribution in [2.75, 3.05) is 0 Å². The third kappa shape index (κ3) is 3.22. The number of benzene rings is 9. The molecule has 1 nitrogen and oxygen atoms in total. The SMILES string of the molecule is O=P(c1c(F)cc(F)cc1F)(c1ccc2ccc3cccc4ccc1c2c34)c1ccc2ccc3cccc4ccc1c2c34. The second kappa shape index (κ2) is 8.56. The van der Waals surface area contributed by atoms with Crippen molar-refractivity contribution in [3.05, 3.63) is 139 Å². The molecule has 0 aliphatic carbocycles. The van der Waals surface area contributed by atoms with Crippen LogP contribution in [-0.4, -0.2) is 0 Å². The molecule has 5 heteroatoms. The van der Waals surface area contributed by atoms with Gasteiger partial charge in [0, 0.05) is 22.7 Å². The highest BCUT2D eigenvalue weighted by Crippen LogP contribution is 2.50. The normalized spacial score (nSPS) is 12.6. The van der Waals surface area contributed by atoms with Crippen molar-refractivity contribution in [3.8, 4) is 0 Å². The van der Waals surface area contributed by atoms with Crippen LogP contribution in [-0.2, 0) is 4.57 Å². The molecule has 0 aliphatic rings. The van der Waals surface area contributed by atoms with Crippen LogP contribution in [0, 0.1) is 17.5 Å². The molecule has 0 unspecified atom stereocenters. The Bertz CT molecular complexity index is 2430. The summed E-state index contributed by atoms with van der Waals surface area (Å²) in [4.78, 5) is 0. The molecule has 0 bridgehead atoms. The molecule has 43 heavy (non-hydrogen) atoms. The molecule has 0 amide bonds. The van der Waals surface area contributed by atoms with E-state index in [0.29, 0.717) is 33.5 Å². The molecule has 204 valence electrons. The molecule has 0 N–H and O–H groups in total. The van der Waals surface area contributed by atoms with Gasteiger partial charge in [-0.15, -0.1) is 0 Å². The van der Waals surface area contributed by atoms with Crippen LogP contribution in [0.3, 0.4) is 0 Å². The van der Waals surface area contributed by atoms with Crippen LogP contribution in [0.25, 0.3) is 64.6 Å². The fourth-order valence-electron chi connectivity index (χ4n) is 7.20. The van der Waals surface area contributed by atoms with E-state index in [-0.39, 0.29) is 0 Å². The standard InChI is InChI=1S/C38H20F3OP/c39-27-19-30(40)38(31(41)20-27)43(42,32-17-13-25-9-7-21-3-1-5-23-11-15-28(32)36(25)34(21)23)33-18-14-26-10-8-22-4-2-6-24-12-16-29(33)37(26)35(22)24/h1-20H. The van der Waals surface area contributed by atoms with Crippen LogP contribution in [0.1, 0.15) is 0 Å². The van der Waals surface area contributed by atoms with Gasteiger partial charge >= 0.3 is 0 Å². The Morgan fingerprint density at radius 1 is 0.419 bits per heavy atom. The first-order valence-corrected chi connectivity index (χ1v) is 15.7. The van der Waals surface area contributed by atoms with E-state index in [2.05, 4.69) is 0 Å². The van der Waals surface area contributed by atoms with E-state index in [1.165, 1.54) is 0 Å². The van der Waals surface area contributed by atoms with Crippen LogP contribution in [0.5, 0.6) is 0 Å². The van der Waals surface area contributed by atoms with Crippen molar-refractivity contribution < 1.29 is 17.7 Å². The Kier molecular flexibility index (Phi) is 4.91. The van der Waals surface area contributed by atoms with E-state index in [9.17, 15) is 4.39 Å². The second-order valence-electron chi connectivity index (χ2n) is 11.2. The van der Waals surface area contributed by atoms with Crippen molar-refractivity contribution in [1.82, 2.24) is 0 Å².